The summed E-state index contributed by atoms with van der Waals surface area (Å²) in [6, 6.07) is 17.9. The highest BCUT2D eigenvalue weighted by molar-refractivity contribution is 5.82. The lowest BCUT2D eigenvalue weighted by atomic mass is 10.1. The fourth-order valence-electron chi connectivity index (χ4n) is 4.06. The Morgan fingerprint density at radius 3 is 2.15 bits per heavy atom. The average Bonchev–Trinajstić information content (AvgIpc) is 3.16. The van der Waals surface area contributed by atoms with Gasteiger partial charge in [0.05, 0.1) is 12.1 Å². The van der Waals surface area contributed by atoms with Crippen molar-refractivity contribution in [1.82, 2.24) is 15.0 Å². The molecular weight excluding hydrogens is 418 g/mol. The largest absolute Gasteiger partial charge is 0.481 e. The number of aromatic nitrogens is 1. The molecule has 172 valence electrons. The Kier molecular flexibility index (Phi) is 6.77. The lowest BCUT2D eigenvalue weighted by Gasteiger charge is -2.36. The second-order valence-electron chi connectivity index (χ2n) is 8.34. The van der Waals surface area contributed by atoms with Gasteiger partial charge in [-0.05, 0) is 44.0 Å². The molecule has 1 aromatic heterocycles. The second kappa shape index (κ2) is 9.90. The van der Waals surface area contributed by atoms with E-state index < -0.39 is 6.10 Å². The fourth-order valence-corrected chi connectivity index (χ4v) is 4.06. The van der Waals surface area contributed by atoms with Crippen molar-refractivity contribution in [2.24, 2.45) is 0 Å². The minimum absolute atomic E-state index is 0.0271. The summed E-state index contributed by atoms with van der Waals surface area (Å²) in [6.45, 7) is 7.42. The molecule has 33 heavy (non-hydrogen) atoms. The molecule has 7 heteroatoms. The number of amides is 2. The maximum atomic E-state index is 12.9. The Morgan fingerprint density at radius 2 is 1.55 bits per heavy atom. The van der Waals surface area contributed by atoms with Gasteiger partial charge in [0.25, 0.3) is 5.91 Å². The average molecular weight is 448 g/mol. The van der Waals surface area contributed by atoms with Crippen molar-refractivity contribution in [3.05, 3.63) is 71.6 Å². The smallest absolute Gasteiger partial charge is 0.263 e. The van der Waals surface area contributed by atoms with Crippen molar-refractivity contribution in [2.45, 2.75) is 33.3 Å². The normalized spacial score (nSPS) is 14.8. The van der Waals surface area contributed by atoms with Crippen LogP contribution < -0.4 is 4.74 Å². The number of carbonyl (C=O) groups is 2. The zero-order valence-electron chi connectivity index (χ0n) is 19.3. The molecule has 0 saturated carbocycles. The molecule has 1 saturated heterocycles. The molecular formula is C26H29N3O4. The maximum Gasteiger partial charge on any atom is 0.263 e. The first-order valence-corrected chi connectivity index (χ1v) is 11.2. The van der Waals surface area contributed by atoms with E-state index in [9.17, 15) is 9.59 Å². The van der Waals surface area contributed by atoms with Gasteiger partial charge in [-0.1, -0.05) is 47.6 Å². The van der Waals surface area contributed by atoms with Crippen LogP contribution in [-0.4, -0.2) is 59.1 Å². The Hall–Kier alpha value is -3.61. The van der Waals surface area contributed by atoms with E-state index in [1.165, 1.54) is 0 Å². The third-order valence-corrected chi connectivity index (χ3v) is 6.08. The Balaban J connectivity index is 1.28. The minimum atomic E-state index is -0.600. The highest BCUT2D eigenvalue weighted by atomic mass is 16.5. The molecule has 2 heterocycles. The number of nitrogens with zero attached hydrogens (tertiary/aromatic N) is 3. The number of hydrogen-bond acceptors (Lipinski definition) is 5. The predicted molar refractivity (Wildman–Crippen MR) is 125 cm³/mol. The van der Waals surface area contributed by atoms with Crippen LogP contribution in [0.15, 0.2) is 59.1 Å². The zero-order chi connectivity index (χ0) is 23.4. The summed E-state index contributed by atoms with van der Waals surface area (Å²) < 4.78 is 11.1. The van der Waals surface area contributed by atoms with Gasteiger partial charge in [0.2, 0.25) is 5.91 Å². The van der Waals surface area contributed by atoms with Gasteiger partial charge >= 0.3 is 0 Å². The Morgan fingerprint density at radius 1 is 0.939 bits per heavy atom. The minimum Gasteiger partial charge on any atom is -0.481 e. The molecule has 0 spiro atoms. The van der Waals surface area contributed by atoms with Gasteiger partial charge < -0.3 is 19.1 Å². The Labute approximate surface area is 193 Å². The van der Waals surface area contributed by atoms with Crippen molar-refractivity contribution in [1.29, 1.82) is 0 Å². The van der Waals surface area contributed by atoms with E-state index in [2.05, 4.69) is 17.3 Å². The number of piperazine rings is 1. The number of hydrogen-bond donors (Lipinski definition) is 0. The van der Waals surface area contributed by atoms with Gasteiger partial charge in [-0.15, -0.1) is 0 Å². The van der Waals surface area contributed by atoms with Crippen LogP contribution in [0.25, 0.3) is 11.1 Å². The molecule has 1 atom stereocenters. The zero-order valence-corrected chi connectivity index (χ0v) is 19.3. The van der Waals surface area contributed by atoms with Crippen molar-refractivity contribution < 1.29 is 18.8 Å². The molecule has 1 aliphatic rings. The van der Waals surface area contributed by atoms with Crippen molar-refractivity contribution in [3.8, 4) is 16.9 Å². The lowest BCUT2D eigenvalue weighted by Crippen LogP contribution is -2.53. The number of ether oxygens (including phenoxy) is 1. The van der Waals surface area contributed by atoms with Crippen molar-refractivity contribution in [2.75, 3.05) is 26.2 Å². The van der Waals surface area contributed by atoms with Gasteiger partial charge in [-0.2, -0.15) is 0 Å². The van der Waals surface area contributed by atoms with Crippen LogP contribution in [0.1, 0.15) is 23.9 Å². The highest BCUT2D eigenvalue weighted by Crippen LogP contribution is 2.23. The topological polar surface area (TPSA) is 75.9 Å². The Bertz CT molecular complexity index is 1080. The van der Waals surface area contributed by atoms with Gasteiger partial charge in [0, 0.05) is 31.7 Å². The second-order valence-corrected chi connectivity index (χ2v) is 8.34. The summed E-state index contributed by atoms with van der Waals surface area (Å²) >= 11 is 0. The van der Waals surface area contributed by atoms with Crippen LogP contribution in [0.3, 0.4) is 0 Å². The van der Waals surface area contributed by atoms with Crippen molar-refractivity contribution in [3.63, 3.8) is 0 Å². The highest BCUT2D eigenvalue weighted by Gasteiger charge is 2.28. The molecule has 0 radical (unpaired) electrons. The van der Waals surface area contributed by atoms with E-state index in [1.54, 1.807) is 16.7 Å². The first-order chi connectivity index (χ1) is 15.9. The standard InChI is InChI=1S/C26H29N3O4/c1-18-24(19(2)33-27-18)17-25(30)28-13-15-29(16-14-28)26(31)20(3)32-23-11-9-22(10-12-23)21-7-5-4-6-8-21/h4-12,20H,13-17H2,1-3H3. The lowest BCUT2D eigenvalue weighted by molar-refractivity contribution is -0.143. The summed E-state index contributed by atoms with van der Waals surface area (Å²) in [5, 5.41) is 3.91. The van der Waals surface area contributed by atoms with Gasteiger partial charge in [0.15, 0.2) is 6.10 Å². The number of aryl methyl sites for hydroxylation is 2. The van der Waals surface area contributed by atoms with E-state index in [0.29, 0.717) is 37.7 Å². The summed E-state index contributed by atoms with van der Waals surface area (Å²) in [5.41, 5.74) is 3.82. The number of rotatable bonds is 6. The summed E-state index contributed by atoms with van der Waals surface area (Å²) in [7, 11) is 0. The monoisotopic (exact) mass is 447 g/mol. The first kappa shape index (κ1) is 22.6. The van der Waals surface area contributed by atoms with Gasteiger partial charge in [0.1, 0.15) is 11.5 Å². The van der Waals surface area contributed by atoms with E-state index in [0.717, 1.165) is 22.4 Å². The molecule has 1 aliphatic heterocycles. The molecule has 1 fully saturated rings. The van der Waals surface area contributed by atoms with E-state index in [-0.39, 0.29) is 18.2 Å². The van der Waals surface area contributed by atoms with Crippen LogP contribution in [0.2, 0.25) is 0 Å². The van der Waals surface area contributed by atoms with Crippen LogP contribution in [-0.2, 0) is 16.0 Å². The molecule has 3 aromatic rings. The molecule has 4 rings (SSSR count). The first-order valence-electron chi connectivity index (χ1n) is 11.2. The maximum absolute atomic E-state index is 12.9. The van der Waals surface area contributed by atoms with Crippen LogP contribution in [0.5, 0.6) is 5.75 Å². The summed E-state index contributed by atoms with van der Waals surface area (Å²) in [5.74, 6) is 1.29. The van der Waals surface area contributed by atoms with Crippen LogP contribution in [0, 0.1) is 13.8 Å². The molecule has 7 nitrogen and oxygen atoms in total. The quantitative estimate of drug-likeness (QED) is 0.577. The summed E-state index contributed by atoms with van der Waals surface area (Å²) in [4.78, 5) is 29.1. The molecule has 0 aliphatic carbocycles. The third-order valence-electron chi connectivity index (χ3n) is 6.08. The molecule has 2 aromatic carbocycles. The number of benzene rings is 2. The predicted octanol–water partition coefficient (Wildman–Crippen LogP) is 3.64. The SMILES string of the molecule is Cc1noc(C)c1CC(=O)N1CCN(C(=O)C(C)Oc2ccc(-c3ccccc3)cc2)CC1. The van der Waals surface area contributed by atoms with E-state index >= 15 is 0 Å². The third kappa shape index (κ3) is 5.25. The molecule has 1 unspecified atom stereocenters. The van der Waals surface area contributed by atoms with Gasteiger partial charge in [-0.3, -0.25) is 9.59 Å². The molecule has 2 amide bonds. The van der Waals surface area contributed by atoms with E-state index in [1.807, 2.05) is 56.3 Å². The van der Waals surface area contributed by atoms with E-state index in [4.69, 9.17) is 9.26 Å². The van der Waals surface area contributed by atoms with Crippen molar-refractivity contribution >= 4 is 11.8 Å². The van der Waals surface area contributed by atoms with Gasteiger partial charge in [-0.25, -0.2) is 0 Å². The summed E-state index contributed by atoms with van der Waals surface area (Å²) in [6.07, 6.45) is -0.328. The number of carbonyl (C=O) groups excluding carboxylic acids is 2. The molecule has 0 N–H and O–H groups in total. The van der Waals surface area contributed by atoms with Crippen LogP contribution >= 0.6 is 0 Å². The fraction of sp³-hybridized carbons (Fsp3) is 0.346. The van der Waals surface area contributed by atoms with Crippen LogP contribution in [0.4, 0.5) is 0 Å². The molecule has 0 bridgehead atoms.